The van der Waals surface area contributed by atoms with Crippen LogP contribution in [0.2, 0.25) is 0 Å². The highest BCUT2D eigenvalue weighted by molar-refractivity contribution is 5.85. The molecule has 4 heteroatoms. The molecule has 3 aromatic rings. The van der Waals surface area contributed by atoms with Crippen molar-refractivity contribution in [3.63, 3.8) is 0 Å². The standard InChI is InChI=1S/C22H22FN2O/c1-15-11-18-17-9-5-6-10-19(17)24-20(18)21(16-7-3-2-4-8-16)25(15)12-22(23)13-26-14-22/h2-7,9-10,15,21,24H,11-14H2,1H3/t15-,21-/m1/s1. The number of aromatic nitrogens is 1. The van der Waals surface area contributed by atoms with E-state index in [-0.39, 0.29) is 25.3 Å². The number of rotatable bonds is 3. The fourth-order valence-electron chi connectivity index (χ4n) is 4.41. The maximum absolute atomic E-state index is 14.9. The van der Waals surface area contributed by atoms with E-state index < -0.39 is 5.67 Å². The summed E-state index contributed by atoms with van der Waals surface area (Å²) in [4.78, 5) is 5.91. The lowest BCUT2D eigenvalue weighted by Gasteiger charge is -2.46. The van der Waals surface area contributed by atoms with Gasteiger partial charge < -0.3 is 9.72 Å². The molecule has 0 spiro atoms. The van der Waals surface area contributed by atoms with E-state index in [1.165, 1.54) is 16.6 Å². The molecular weight excluding hydrogens is 327 g/mol. The third kappa shape index (κ3) is 2.48. The summed E-state index contributed by atoms with van der Waals surface area (Å²) in [6.07, 6.45) is 0.916. The number of halogens is 1. The lowest BCUT2D eigenvalue weighted by molar-refractivity contribution is -0.147. The number of aromatic amines is 1. The topological polar surface area (TPSA) is 28.3 Å². The summed E-state index contributed by atoms with van der Waals surface area (Å²) < 4.78 is 20.1. The molecule has 1 N–H and O–H groups in total. The maximum Gasteiger partial charge on any atom is 0.169 e. The molecule has 1 aromatic heterocycles. The largest absolute Gasteiger partial charge is 0.375 e. The summed E-state index contributed by atoms with van der Waals surface area (Å²) in [5, 5.41) is 1.27. The highest BCUT2D eigenvalue weighted by Gasteiger charge is 2.45. The number of hydrogen-bond donors (Lipinski definition) is 1. The molecule has 5 rings (SSSR count). The van der Waals surface area contributed by atoms with Gasteiger partial charge in [0, 0.05) is 29.2 Å². The Hall–Kier alpha value is -2.17. The van der Waals surface area contributed by atoms with E-state index in [1.807, 2.05) is 18.2 Å². The van der Waals surface area contributed by atoms with Gasteiger partial charge >= 0.3 is 0 Å². The Kier molecular flexibility index (Phi) is 3.66. The SMILES string of the molecule is C[C@@H]1Cc2c([nH]c3ccccc23)[C@@H](c2[c]cccc2)N1CC1(F)COC1. The summed E-state index contributed by atoms with van der Waals surface area (Å²) in [7, 11) is 0. The molecule has 3 nitrogen and oxygen atoms in total. The van der Waals surface area contributed by atoms with Crippen LogP contribution in [0.3, 0.4) is 0 Å². The molecule has 0 bridgehead atoms. The molecule has 0 aliphatic carbocycles. The lowest BCUT2D eigenvalue weighted by Crippen LogP contribution is -2.57. The predicted molar refractivity (Wildman–Crippen MR) is 99.9 cm³/mol. The van der Waals surface area contributed by atoms with Crippen LogP contribution >= 0.6 is 0 Å². The monoisotopic (exact) mass is 349 g/mol. The molecular formula is C22H22FN2O. The predicted octanol–water partition coefficient (Wildman–Crippen LogP) is 4.04. The van der Waals surface area contributed by atoms with Crippen LogP contribution in [0.25, 0.3) is 10.9 Å². The maximum atomic E-state index is 14.9. The first-order chi connectivity index (χ1) is 12.6. The molecule has 2 atom stereocenters. The van der Waals surface area contributed by atoms with Crippen LogP contribution in [-0.2, 0) is 11.2 Å². The van der Waals surface area contributed by atoms with Crippen LogP contribution in [0.5, 0.6) is 0 Å². The molecule has 3 heterocycles. The number of alkyl halides is 1. The fourth-order valence-corrected chi connectivity index (χ4v) is 4.41. The van der Waals surface area contributed by atoms with E-state index in [0.29, 0.717) is 6.54 Å². The fraction of sp³-hybridized carbons (Fsp3) is 0.364. The van der Waals surface area contributed by atoms with Crippen LogP contribution < -0.4 is 0 Å². The van der Waals surface area contributed by atoms with Crippen molar-refractivity contribution in [1.29, 1.82) is 0 Å². The van der Waals surface area contributed by atoms with Crippen molar-refractivity contribution < 1.29 is 9.13 Å². The van der Waals surface area contributed by atoms with Crippen LogP contribution in [0.4, 0.5) is 4.39 Å². The molecule has 1 saturated heterocycles. The Morgan fingerprint density at radius 1 is 1.23 bits per heavy atom. The van der Waals surface area contributed by atoms with Crippen molar-refractivity contribution >= 4 is 10.9 Å². The number of benzene rings is 2. The lowest BCUT2D eigenvalue weighted by atomic mass is 9.87. The van der Waals surface area contributed by atoms with E-state index in [0.717, 1.165) is 17.5 Å². The van der Waals surface area contributed by atoms with Gasteiger partial charge in [-0.05, 0) is 36.6 Å². The summed E-state index contributed by atoms with van der Waals surface area (Å²) in [5.74, 6) is 0. The van der Waals surface area contributed by atoms with Gasteiger partial charge in [-0.1, -0.05) is 42.5 Å². The molecule has 0 saturated carbocycles. The average Bonchev–Trinajstić information content (AvgIpc) is 2.99. The molecule has 133 valence electrons. The third-order valence-electron chi connectivity index (χ3n) is 5.73. The number of hydrogen-bond acceptors (Lipinski definition) is 2. The highest BCUT2D eigenvalue weighted by Crippen LogP contribution is 2.42. The van der Waals surface area contributed by atoms with Crippen molar-refractivity contribution in [2.24, 2.45) is 0 Å². The molecule has 2 aliphatic heterocycles. The number of fused-ring (bicyclic) bond motifs is 3. The van der Waals surface area contributed by atoms with Crippen LogP contribution in [-0.4, -0.2) is 41.4 Å². The molecule has 26 heavy (non-hydrogen) atoms. The summed E-state index contributed by atoms with van der Waals surface area (Å²) in [6, 6.07) is 20.1. The van der Waals surface area contributed by atoms with Gasteiger partial charge in [-0.2, -0.15) is 0 Å². The van der Waals surface area contributed by atoms with Crippen molar-refractivity contribution in [1.82, 2.24) is 9.88 Å². The zero-order chi connectivity index (χ0) is 17.7. The first kappa shape index (κ1) is 16.0. The van der Waals surface area contributed by atoms with E-state index in [9.17, 15) is 4.39 Å². The first-order valence-corrected chi connectivity index (χ1v) is 9.23. The highest BCUT2D eigenvalue weighted by atomic mass is 19.1. The van der Waals surface area contributed by atoms with Crippen LogP contribution in [0.1, 0.15) is 29.8 Å². The molecule has 1 radical (unpaired) electrons. The summed E-state index contributed by atoms with van der Waals surface area (Å²) in [6.45, 7) is 2.97. The first-order valence-electron chi connectivity index (χ1n) is 9.23. The smallest absolute Gasteiger partial charge is 0.169 e. The third-order valence-corrected chi connectivity index (χ3v) is 5.73. The van der Waals surface area contributed by atoms with E-state index in [1.54, 1.807) is 0 Å². The summed E-state index contributed by atoms with van der Waals surface area (Å²) in [5.41, 5.74) is 3.51. The second-order valence-corrected chi connectivity index (χ2v) is 7.65. The number of ether oxygens (including phenoxy) is 1. The Bertz CT molecular complexity index is 932. The minimum absolute atomic E-state index is 0.0180. The van der Waals surface area contributed by atoms with Crippen LogP contribution in [0.15, 0.2) is 48.5 Å². The Balaban J connectivity index is 1.66. The van der Waals surface area contributed by atoms with Gasteiger partial charge in [-0.15, -0.1) is 0 Å². The average molecular weight is 349 g/mol. The van der Waals surface area contributed by atoms with Gasteiger partial charge in [0.15, 0.2) is 5.67 Å². The second kappa shape index (κ2) is 5.93. The van der Waals surface area contributed by atoms with Gasteiger partial charge in [0.2, 0.25) is 0 Å². The minimum atomic E-state index is -1.25. The van der Waals surface area contributed by atoms with E-state index in [2.05, 4.69) is 53.2 Å². The van der Waals surface area contributed by atoms with E-state index >= 15 is 0 Å². The number of H-pyrrole nitrogens is 1. The second-order valence-electron chi connectivity index (χ2n) is 7.65. The van der Waals surface area contributed by atoms with Crippen molar-refractivity contribution in [2.45, 2.75) is 31.1 Å². The zero-order valence-electron chi connectivity index (χ0n) is 14.8. The molecule has 2 aromatic carbocycles. The summed E-state index contributed by atoms with van der Waals surface area (Å²) >= 11 is 0. The molecule has 0 unspecified atom stereocenters. The van der Waals surface area contributed by atoms with Gasteiger partial charge in [0.05, 0.1) is 19.3 Å². The number of nitrogens with zero attached hydrogens (tertiary/aromatic N) is 1. The van der Waals surface area contributed by atoms with Gasteiger partial charge in [-0.25, -0.2) is 4.39 Å². The molecule has 1 fully saturated rings. The Morgan fingerprint density at radius 3 is 2.77 bits per heavy atom. The number of nitrogens with one attached hydrogen (secondary N) is 1. The zero-order valence-corrected chi connectivity index (χ0v) is 14.8. The van der Waals surface area contributed by atoms with Crippen molar-refractivity contribution in [3.05, 3.63) is 71.4 Å². The van der Waals surface area contributed by atoms with Crippen molar-refractivity contribution in [2.75, 3.05) is 19.8 Å². The van der Waals surface area contributed by atoms with Gasteiger partial charge in [0.25, 0.3) is 0 Å². The Labute approximate surface area is 152 Å². The van der Waals surface area contributed by atoms with Crippen LogP contribution in [0, 0.1) is 6.07 Å². The van der Waals surface area contributed by atoms with Gasteiger partial charge in [-0.3, -0.25) is 4.90 Å². The van der Waals surface area contributed by atoms with E-state index in [4.69, 9.17) is 4.74 Å². The molecule has 2 aliphatic rings. The number of para-hydroxylation sites is 1. The minimum Gasteiger partial charge on any atom is -0.375 e. The Morgan fingerprint density at radius 2 is 2.04 bits per heavy atom. The molecule has 0 amide bonds. The van der Waals surface area contributed by atoms with Crippen molar-refractivity contribution in [3.8, 4) is 0 Å². The normalized spacial score (nSPS) is 25.0. The quantitative estimate of drug-likeness (QED) is 0.773. The van der Waals surface area contributed by atoms with Gasteiger partial charge in [0.1, 0.15) is 0 Å².